The Morgan fingerprint density at radius 3 is 2.46 bits per heavy atom. The highest BCUT2D eigenvalue weighted by molar-refractivity contribution is 5.63. The van der Waals surface area contributed by atoms with Crippen LogP contribution in [0.1, 0.15) is 52.9 Å². The fraction of sp³-hybridized carbons (Fsp3) is 0.909. The van der Waals surface area contributed by atoms with Gasteiger partial charge in [0.1, 0.15) is 6.29 Å². The average molecular weight is 185 g/mol. The van der Waals surface area contributed by atoms with Crippen molar-refractivity contribution < 1.29 is 4.79 Å². The van der Waals surface area contributed by atoms with Crippen molar-refractivity contribution in [2.45, 2.75) is 58.4 Å². The van der Waals surface area contributed by atoms with Gasteiger partial charge >= 0.3 is 0 Å². The summed E-state index contributed by atoms with van der Waals surface area (Å²) in [6.45, 7) is 6.40. The minimum Gasteiger partial charge on any atom is -0.319 e. The predicted octanol–water partition coefficient (Wildman–Crippen LogP) is 2.51. The van der Waals surface area contributed by atoms with E-state index in [0.29, 0.717) is 5.92 Å². The van der Waals surface area contributed by atoms with Crippen LogP contribution in [0.15, 0.2) is 0 Å². The molecule has 0 aromatic rings. The maximum absolute atomic E-state index is 10.9. The van der Waals surface area contributed by atoms with Crippen molar-refractivity contribution in [2.75, 3.05) is 0 Å². The van der Waals surface area contributed by atoms with Crippen molar-refractivity contribution in [3.05, 3.63) is 0 Å². The Labute approximate surface area is 81.9 Å². The number of unbranched alkanes of at least 4 members (excludes halogenated alkanes) is 1. The largest absolute Gasteiger partial charge is 0.319 e. The molecule has 2 atom stereocenters. The Hall–Kier alpha value is -0.370. The van der Waals surface area contributed by atoms with Crippen LogP contribution in [-0.2, 0) is 4.79 Å². The van der Waals surface area contributed by atoms with Gasteiger partial charge in [0.15, 0.2) is 0 Å². The molecule has 2 N–H and O–H groups in total. The molecule has 0 aromatic heterocycles. The zero-order valence-electron chi connectivity index (χ0n) is 9.18. The molecule has 0 spiro atoms. The first-order valence-corrected chi connectivity index (χ1v) is 5.33. The third-order valence-electron chi connectivity index (χ3n) is 2.66. The van der Waals surface area contributed by atoms with Crippen LogP contribution in [0.2, 0.25) is 0 Å². The molecular weight excluding hydrogens is 162 g/mol. The molecule has 2 heteroatoms. The molecule has 0 aliphatic heterocycles. The number of nitrogens with two attached hydrogens (primary N) is 1. The van der Waals surface area contributed by atoms with E-state index < -0.39 is 5.54 Å². The van der Waals surface area contributed by atoms with E-state index in [1.807, 2.05) is 0 Å². The molecule has 0 rings (SSSR count). The van der Waals surface area contributed by atoms with Gasteiger partial charge in [-0.2, -0.15) is 0 Å². The molecule has 0 fully saturated rings. The average Bonchev–Trinajstić information content (AvgIpc) is 2.14. The highest BCUT2D eigenvalue weighted by Crippen LogP contribution is 2.20. The summed E-state index contributed by atoms with van der Waals surface area (Å²) in [6, 6.07) is 0. The predicted molar refractivity (Wildman–Crippen MR) is 56.6 cm³/mol. The Bertz CT molecular complexity index is 147. The van der Waals surface area contributed by atoms with E-state index >= 15 is 0 Å². The number of carbonyl (C=O) groups is 1. The topological polar surface area (TPSA) is 43.1 Å². The molecule has 0 aromatic carbocycles. The maximum Gasteiger partial charge on any atom is 0.139 e. The third kappa shape index (κ3) is 5.04. The van der Waals surface area contributed by atoms with Crippen molar-refractivity contribution >= 4 is 6.29 Å². The Balaban J connectivity index is 4.02. The van der Waals surface area contributed by atoms with Gasteiger partial charge in [-0.05, 0) is 18.8 Å². The summed E-state index contributed by atoms with van der Waals surface area (Å²) in [4.78, 5) is 10.9. The molecule has 13 heavy (non-hydrogen) atoms. The van der Waals surface area contributed by atoms with Crippen LogP contribution in [0.25, 0.3) is 0 Å². The first-order valence-electron chi connectivity index (χ1n) is 5.33. The summed E-state index contributed by atoms with van der Waals surface area (Å²) < 4.78 is 0. The molecule has 0 aliphatic rings. The van der Waals surface area contributed by atoms with Gasteiger partial charge in [0.25, 0.3) is 0 Å². The van der Waals surface area contributed by atoms with Crippen LogP contribution < -0.4 is 5.73 Å². The van der Waals surface area contributed by atoms with Crippen molar-refractivity contribution in [2.24, 2.45) is 11.7 Å². The van der Waals surface area contributed by atoms with Gasteiger partial charge in [0, 0.05) is 0 Å². The van der Waals surface area contributed by atoms with E-state index in [2.05, 4.69) is 20.8 Å². The molecule has 0 aliphatic carbocycles. The zero-order valence-corrected chi connectivity index (χ0v) is 9.18. The van der Waals surface area contributed by atoms with Crippen molar-refractivity contribution in [1.82, 2.24) is 0 Å². The lowest BCUT2D eigenvalue weighted by molar-refractivity contribution is -0.113. The third-order valence-corrected chi connectivity index (χ3v) is 2.66. The lowest BCUT2D eigenvalue weighted by atomic mass is 9.85. The molecule has 1 unspecified atom stereocenters. The van der Waals surface area contributed by atoms with Gasteiger partial charge in [-0.3, -0.25) is 0 Å². The van der Waals surface area contributed by atoms with E-state index in [-0.39, 0.29) is 0 Å². The highest BCUT2D eigenvalue weighted by Gasteiger charge is 2.25. The summed E-state index contributed by atoms with van der Waals surface area (Å²) in [5, 5.41) is 0. The van der Waals surface area contributed by atoms with Gasteiger partial charge in [0.2, 0.25) is 0 Å². The number of hydrogen-bond acceptors (Lipinski definition) is 2. The molecule has 2 nitrogen and oxygen atoms in total. The van der Waals surface area contributed by atoms with E-state index in [4.69, 9.17) is 5.73 Å². The van der Waals surface area contributed by atoms with Gasteiger partial charge in [0.05, 0.1) is 5.54 Å². The number of rotatable bonds is 7. The summed E-state index contributed by atoms with van der Waals surface area (Å²) >= 11 is 0. The molecule has 0 heterocycles. The molecular formula is C11H23NO. The minimum absolute atomic E-state index is 0.548. The van der Waals surface area contributed by atoms with E-state index in [1.54, 1.807) is 0 Å². The van der Waals surface area contributed by atoms with Gasteiger partial charge in [-0.1, -0.05) is 40.0 Å². The second kappa shape index (κ2) is 6.14. The summed E-state index contributed by atoms with van der Waals surface area (Å²) in [7, 11) is 0. The molecule has 0 saturated carbocycles. The second-order valence-corrected chi connectivity index (χ2v) is 4.17. The van der Waals surface area contributed by atoms with Gasteiger partial charge < -0.3 is 10.5 Å². The lowest BCUT2D eigenvalue weighted by Gasteiger charge is -2.25. The molecule has 78 valence electrons. The number of hydrogen-bond donors (Lipinski definition) is 1. The van der Waals surface area contributed by atoms with Crippen molar-refractivity contribution in [1.29, 1.82) is 0 Å². The van der Waals surface area contributed by atoms with Crippen LogP contribution in [-0.4, -0.2) is 11.8 Å². The van der Waals surface area contributed by atoms with Crippen LogP contribution in [0.4, 0.5) is 0 Å². The summed E-state index contributed by atoms with van der Waals surface area (Å²) in [5.74, 6) is 0.548. The number of carbonyl (C=O) groups excluding carboxylic acids is 1. The van der Waals surface area contributed by atoms with Crippen LogP contribution in [0, 0.1) is 5.92 Å². The fourth-order valence-electron chi connectivity index (χ4n) is 1.51. The fourth-order valence-corrected chi connectivity index (χ4v) is 1.51. The molecule has 0 bridgehead atoms. The monoisotopic (exact) mass is 185 g/mol. The minimum atomic E-state index is -0.564. The Morgan fingerprint density at radius 2 is 2.08 bits per heavy atom. The number of aldehydes is 1. The van der Waals surface area contributed by atoms with Gasteiger partial charge in [-0.25, -0.2) is 0 Å². The van der Waals surface area contributed by atoms with Gasteiger partial charge in [-0.15, -0.1) is 0 Å². The van der Waals surface area contributed by atoms with Crippen molar-refractivity contribution in [3.63, 3.8) is 0 Å². The Kier molecular flexibility index (Phi) is 5.97. The SMILES string of the molecule is CCCC[C@@](N)(C=O)CC(C)CC. The van der Waals surface area contributed by atoms with Crippen molar-refractivity contribution in [3.8, 4) is 0 Å². The standard InChI is InChI=1S/C11H23NO/c1-4-6-7-11(12,9-13)8-10(3)5-2/h9-10H,4-8,12H2,1-3H3/t10?,11-/m0/s1. The van der Waals surface area contributed by atoms with E-state index in [9.17, 15) is 4.79 Å². The van der Waals surface area contributed by atoms with Crippen LogP contribution >= 0.6 is 0 Å². The molecule has 0 radical (unpaired) electrons. The lowest BCUT2D eigenvalue weighted by Crippen LogP contribution is -2.43. The second-order valence-electron chi connectivity index (χ2n) is 4.17. The Morgan fingerprint density at radius 1 is 1.46 bits per heavy atom. The quantitative estimate of drug-likeness (QED) is 0.619. The van der Waals surface area contributed by atoms with Crippen LogP contribution in [0.3, 0.4) is 0 Å². The van der Waals surface area contributed by atoms with E-state index in [1.165, 1.54) is 0 Å². The normalized spacial score (nSPS) is 17.8. The highest BCUT2D eigenvalue weighted by atomic mass is 16.1. The molecule has 0 amide bonds. The first-order chi connectivity index (χ1) is 6.08. The zero-order chi connectivity index (χ0) is 10.3. The summed E-state index contributed by atoms with van der Waals surface area (Å²) in [6.07, 6.45) is 5.84. The first kappa shape index (κ1) is 12.6. The smallest absolute Gasteiger partial charge is 0.139 e. The molecule has 0 saturated heterocycles. The van der Waals surface area contributed by atoms with Crippen LogP contribution in [0.5, 0.6) is 0 Å². The summed E-state index contributed by atoms with van der Waals surface area (Å²) in [5.41, 5.74) is 5.43. The maximum atomic E-state index is 10.9. The van der Waals surface area contributed by atoms with E-state index in [0.717, 1.165) is 38.4 Å².